The van der Waals surface area contributed by atoms with Crippen molar-refractivity contribution in [1.82, 2.24) is 19.6 Å². The largest absolute Gasteiger partial charge is 0.452 e. The van der Waals surface area contributed by atoms with Crippen LogP contribution >= 0.6 is 0 Å². The fourth-order valence-corrected chi connectivity index (χ4v) is 3.49. The average Bonchev–Trinajstić information content (AvgIpc) is 3.66. The maximum atomic E-state index is 12.6. The third-order valence-electron chi connectivity index (χ3n) is 5.12. The molecule has 0 aliphatic rings. The third-order valence-corrected chi connectivity index (χ3v) is 5.12. The number of carbonyl (C=O) groups is 2. The highest BCUT2D eigenvalue weighted by Crippen LogP contribution is 2.24. The smallest absolute Gasteiger partial charge is 0.374 e. The second-order valence-corrected chi connectivity index (χ2v) is 7.62. The van der Waals surface area contributed by atoms with Crippen LogP contribution < -0.4 is 5.32 Å². The zero-order valence-electron chi connectivity index (χ0n) is 18.6. The van der Waals surface area contributed by atoms with E-state index in [4.69, 9.17) is 9.15 Å². The fourth-order valence-electron chi connectivity index (χ4n) is 3.49. The van der Waals surface area contributed by atoms with Crippen LogP contribution in [0.3, 0.4) is 0 Å². The molecule has 9 nitrogen and oxygen atoms in total. The summed E-state index contributed by atoms with van der Waals surface area (Å²) >= 11 is 0. The highest BCUT2D eigenvalue weighted by atomic mass is 16.5. The fraction of sp³-hybridized carbons (Fsp3) is 0.0769. The Morgan fingerprint density at radius 2 is 1.71 bits per heavy atom. The van der Waals surface area contributed by atoms with Gasteiger partial charge >= 0.3 is 5.97 Å². The number of esters is 1. The summed E-state index contributed by atoms with van der Waals surface area (Å²) in [5.74, 6) is -0.215. The summed E-state index contributed by atoms with van der Waals surface area (Å²) in [6, 6.07) is 25.8. The van der Waals surface area contributed by atoms with Crippen LogP contribution in [0, 0.1) is 0 Å². The molecule has 0 aliphatic carbocycles. The van der Waals surface area contributed by atoms with Crippen LogP contribution in [0.5, 0.6) is 0 Å². The molecule has 0 saturated heterocycles. The Balaban J connectivity index is 1.26. The molecule has 5 rings (SSSR count). The number of ether oxygens (including phenoxy) is 1. The van der Waals surface area contributed by atoms with Crippen molar-refractivity contribution >= 4 is 17.7 Å². The maximum Gasteiger partial charge on any atom is 0.374 e. The number of furan rings is 1. The van der Waals surface area contributed by atoms with Gasteiger partial charge in [-0.05, 0) is 30.3 Å². The molecule has 3 heterocycles. The van der Waals surface area contributed by atoms with Gasteiger partial charge in [0.2, 0.25) is 5.76 Å². The lowest BCUT2D eigenvalue weighted by Gasteiger charge is -2.09. The van der Waals surface area contributed by atoms with Gasteiger partial charge in [0, 0.05) is 24.0 Å². The van der Waals surface area contributed by atoms with Gasteiger partial charge in [-0.15, -0.1) is 0 Å². The summed E-state index contributed by atoms with van der Waals surface area (Å²) in [4.78, 5) is 25.0. The molecule has 2 aromatic carbocycles. The Labute approximate surface area is 200 Å². The van der Waals surface area contributed by atoms with E-state index in [9.17, 15) is 9.59 Å². The molecule has 1 N–H and O–H groups in total. The average molecular weight is 467 g/mol. The molecular formula is C26H21N5O4. The standard InChI is InChI=1S/C26H21N5O4/c32-25(18-34-26(33)23-13-12-21(35-23)17-30-15-7-14-27-30)28-24-16-22(19-8-3-1-4-9-19)29-31(24)20-10-5-2-6-11-20/h1-16H,17-18H2,(H,28,32). The normalized spacial score (nSPS) is 10.7. The number of anilines is 1. The molecule has 0 fully saturated rings. The molecule has 0 saturated carbocycles. The van der Waals surface area contributed by atoms with Crippen LogP contribution in [0.2, 0.25) is 0 Å². The Morgan fingerprint density at radius 1 is 0.943 bits per heavy atom. The van der Waals surface area contributed by atoms with E-state index in [-0.39, 0.29) is 5.76 Å². The predicted molar refractivity (Wildman–Crippen MR) is 128 cm³/mol. The van der Waals surface area contributed by atoms with Gasteiger partial charge in [-0.25, -0.2) is 9.48 Å². The van der Waals surface area contributed by atoms with Crippen LogP contribution in [0.4, 0.5) is 5.82 Å². The van der Waals surface area contributed by atoms with Gasteiger partial charge in [0.05, 0.1) is 17.9 Å². The summed E-state index contributed by atoms with van der Waals surface area (Å²) in [5.41, 5.74) is 2.39. The van der Waals surface area contributed by atoms with Crippen molar-refractivity contribution < 1.29 is 18.7 Å². The molecule has 174 valence electrons. The van der Waals surface area contributed by atoms with Crippen molar-refractivity contribution in [2.24, 2.45) is 0 Å². The van der Waals surface area contributed by atoms with E-state index in [1.807, 2.05) is 60.7 Å². The topological polar surface area (TPSA) is 104 Å². The van der Waals surface area contributed by atoms with Crippen molar-refractivity contribution in [2.45, 2.75) is 6.54 Å². The lowest BCUT2D eigenvalue weighted by Crippen LogP contribution is -2.22. The van der Waals surface area contributed by atoms with Crippen LogP contribution in [0.25, 0.3) is 16.9 Å². The second kappa shape index (κ2) is 9.92. The molecule has 1 amide bonds. The van der Waals surface area contributed by atoms with E-state index in [2.05, 4.69) is 15.5 Å². The van der Waals surface area contributed by atoms with E-state index in [0.717, 1.165) is 11.3 Å². The number of carbonyl (C=O) groups excluding carboxylic acids is 2. The molecule has 0 spiro atoms. The number of hydrogen-bond donors (Lipinski definition) is 1. The second-order valence-electron chi connectivity index (χ2n) is 7.62. The summed E-state index contributed by atoms with van der Waals surface area (Å²) in [6.07, 6.45) is 3.44. The number of nitrogens with one attached hydrogen (secondary N) is 1. The molecule has 9 heteroatoms. The minimum absolute atomic E-state index is 0.0145. The highest BCUT2D eigenvalue weighted by molar-refractivity contribution is 5.94. The van der Waals surface area contributed by atoms with Gasteiger partial charge in [-0.3, -0.25) is 9.48 Å². The molecule has 3 aromatic heterocycles. The van der Waals surface area contributed by atoms with Crippen LogP contribution in [0.15, 0.2) is 102 Å². The summed E-state index contributed by atoms with van der Waals surface area (Å²) in [7, 11) is 0. The first-order valence-electron chi connectivity index (χ1n) is 10.9. The molecule has 0 radical (unpaired) electrons. The SMILES string of the molecule is O=C(COC(=O)c1ccc(Cn2cccn2)o1)Nc1cc(-c2ccccc2)nn1-c1ccccc1. The molecule has 0 unspecified atom stereocenters. The van der Waals surface area contributed by atoms with Crippen LogP contribution in [-0.2, 0) is 16.1 Å². The molecular weight excluding hydrogens is 446 g/mol. The quantitative estimate of drug-likeness (QED) is 0.344. The highest BCUT2D eigenvalue weighted by Gasteiger charge is 2.17. The molecule has 35 heavy (non-hydrogen) atoms. The predicted octanol–water partition coefficient (Wildman–Crippen LogP) is 4.17. The van der Waals surface area contributed by atoms with Crippen molar-refractivity contribution in [3.63, 3.8) is 0 Å². The van der Waals surface area contributed by atoms with Gasteiger partial charge in [0.15, 0.2) is 6.61 Å². The van der Waals surface area contributed by atoms with E-state index in [1.165, 1.54) is 6.07 Å². The Morgan fingerprint density at radius 3 is 2.46 bits per heavy atom. The van der Waals surface area contributed by atoms with Crippen molar-refractivity contribution in [2.75, 3.05) is 11.9 Å². The van der Waals surface area contributed by atoms with Crippen molar-refractivity contribution in [3.8, 4) is 16.9 Å². The number of amides is 1. The Hall–Kier alpha value is -4.92. The summed E-state index contributed by atoms with van der Waals surface area (Å²) in [5, 5.41) is 11.5. The van der Waals surface area contributed by atoms with Gasteiger partial charge in [0.1, 0.15) is 11.6 Å². The summed E-state index contributed by atoms with van der Waals surface area (Å²) in [6.45, 7) is -0.0946. The zero-order valence-corrected chi connectivity index (χ0v) is 18.6. The van der Waals surface area contributed by atoms with E-state index < -0.39 is 18.5 Å². The molecule has 0 aliphatic heterocycles. The first-order chi connectivity index (χ1) is 17.2. The lowest BCUT2D eigenvalue weighted by molar-refractivity contribution is -0.119. The minimum Gasteiger partial charge on any atom is -0.452 e. The number of hydrogen-bond acceptors (Lipinski definition) is 6. The Bertz CT molecular complexity index is 1420. The first-order valence-corrected chi connectivity index (χ1v) is 10.9. The van der Waals surface area contributed by atoms with E-state index in [1.54, 1.807) is 40.0 Å². The monoisotopic (exact) mass is 467 g/mol. The molecule has 0 bridgehead atoms. The number of aromatic nitrogens is 4. The summed E-state index contributed by atoms with van der Waals surface area (Å²) < 4.78 is 14.0. The Kier molecular flexibility index (Phi) is 6.21. The first kappa shape index (κ1) is 21.9. The van der Waals surface area contributed by atoms with Gasteiger partial charge in [-0.1, -0.05) is 48.5 Å². The number of benzene rings is 2. The van der Waals surface area contributed by atoms with E-state index in [0.29, 0.717) is 23.8 Å². The number of para-hydroxylation sites is 1. The van der Waals surface area contributed by atoms with Gasteiger partial charge in [-0.2, -0.15) is 10.2 Å². The van der Waals surface area contributed by atoms with Crippen LogP contribution in [-0.4, -0.2) is 38.0 Å². The lowest BCUT2D eigenvalue weighted by atomic mass is 10.2. The minimum atomic E-state index is -0.728. The van der Waals surface area contributed by atoms with E-state index >= 15 is 0 Å². The van der Waals surface area contributed by atoms with Gasteiger partial charge in [0.25, 0.3) is 5.91 Å². The number of nitrogens with zero attached hydrogens (tertiary/aromatic N) is 4. The van der Waals surface area contributed by atoms with Crippen molar-refractivity contribution in [3.05, 3.63) is 109 Å². The maximum absolute atomic E-state index is 12.6. The van der Waals surface area contributed by atoms with Gasteiger partial charge < -0.3 is 14.5 Å². The number of rotatable bonds is 8. The van der Waals surface area contributed by atoms with Crippen LogP contribution in [0.1, 0.15) is 16.3 Å². The molecule has 5 aromatic rings. The van der Waals surface area contributed by atoms with Crippen molar-refractivity contribution in [1.29, 1.82) is 0 Å². The molecule has 0 atom stereocenters. The third kappa shape index (κ3) is 5.19. The zero-order chi connectivity index (χ0) is 24.0.